The predicted octanol–water partition coefficient (Wildman–Crippen LogP) is 3.33. The second-order valence-corrected chi connectivity index (χ2v) is 18.6. The summed E-state index contributed by atoms with van der Waals surface area (Å²) in [6.45, 7) is 16.2. The molecule has 5 saturated carbocycles. The van der Waals surface area contributed by atoms with E-state index in [1.165, 1.54) is 13.3 Å². The lowest BCUT2D eigenvalue weighted by Crippen LogP contribution is -2.61. The average molecular weight is 665 g/mol. The third-order valence-electron chi connectivity index (χ3n) is 15.8. The molecule has 2 spiro atoms. The van der Waals surface area contributed by atoms with Crippen LogP contribution in [0.15, 0.2) is 0 Å². The van der Waals surface area contributed by atoms with Gasteiger partial charge in [-0.05, 0) is 111 Å². The van der Waals surface area contributed by atoms with Crippen molar-refractivity contribution in [2.45, 2.75) is 167 Å². The van der Waals surface area contributed by atoms with Crippen LogP contribution in [0.2, 0.25) is 0 Å². The molecule has 2 aliphatic heterocycles. The van der Waals surface area contributed by atoms with Crippen LogP contribution in [-0.4, -0.2) is 98.8 Å². The van der Waals surface area contributed by atoms with E-state index in [-0.39, 0.29) is 51.6 Å². The Balaban J connectivity index is 1.14. The van der Waals surface area contributed by atoms with Gasteiger partial charge in [-0.15, -0.1) is 0 Å². The Morgan fingerprint density at radius 1 is 0.936 bits per heavy atom. The van der Waals surface area contributed by atoms with Crippen LogP contribution < -0.4 is 0 Å². The Bertz CT molecular complexity index is 1250. The summed E-state index contributed by atoms with van der Waals surface area (Å²) < 4.78 is 24.6. The molecule has 7 fully saturated rings. The number of hydrogen-bond acceptors (Lipinski definition) is 10. The highest BCUT2D eigenvalue weighted by molar-refractivity contribution is 5.66. The highest BCUT2D eigenvalue weighted by atomic mass is 16.7. The first kappa shape index (κ1) is 34.6. The lowest BCUT2D eigenvalue weighted by Gasteiger charge is -2.64. The summed E-state index contributed by atoms with van der Waals surface area (Å²) in [7, 11) is 0. The Morgan fingerprint density at radius 3 is 2.26 bits per heavy atom. The van der Waals surface area contributed by atoms with Gasteiger partial charge in [0.05, 0.1) is 36.6 Å². The van der Waals surface area contributed by atoms with E-state index >= 15 is 0 Å². The molecule has 10 heteroatoms. The topological polar surface area (TPSA) is 155 Å². The largest absolute Gasteiger partial charge is 0.457 e. The molecule has 0 radical (unpaired) electrons. The van der Waals surface area contributed by atoms with Crippen molar-refractivity contribution in [3.05, 3.63) is 0 Å². The van der Waals surface area contributed by atoms with Crippen molar-refractivity contribution in [2.24, 2.45) is 50.7 Å². The standard InChI is InChI=1S/C37H60O10/c1-18-15-21(30(33(5,6)43)45-19(2)38)46-28-25(18)34(7)13-14-37-17-36(37)12-11-24(47-31-27(41)26(40)20(39)16-44-31)32(3,4)22(36)9-10-23(37)35(34,8)29(28)42/h18,20-31,39-43H,9-17H2,1-8H3/t18-,20?,21?,22+,23?,24?,25+,26?,27-,28?,29+,30?,31+,34?,35-,36?,37?/m1/s1. The fraction of sp³-hybridized carbons (Fsp3) is 0.973. The van der Waals surface area contributed by atoms with Crippen LogP contribution in [0.25, 0.3) is 0 Å². The molecular formula is C37H60O10. The zero-order valence-corrected chi connectivity index (χ0v) is 29.6. The number of fused-ring (bicyclic) bond motifs is 4. The van der Waals surface area contributed by atoms with Gasteiger partial charge in [-0.2, -0.15) is 0 Å². The van der Waals surface area contributed by atoms with Gasteiger partial charge in [0, 0.05) is 12.3 Å². The molecule has 0 aromatic carbocycles. The van der Waals surface area contributed by atoms with E-state index in [4.69, 9.17) is 18.9 Å². The Labute approximate surface area is 279 Å². The van der Waals surface area contributed by atoms with Gasteiger partial charge < -0.3 is 44.5 Å². The van der Waals surface area contributed by atoms with Gasteiger partial charge >= 0.3 is 5.97 Å². The van der Waals surface area contributed by atoms with Crippen molar-refractivity contribution in [2.75, 3.05) is 6.61 Å². The maximum Gasteiger partial charge on any atom is 0.303 e. The maximum absolute atomic E-state index is 12.5. The molecule has 0 amide bonds. The van der Waals surface area contributed by atoms with Crippen molar-refractivity contribution < 1.29 is 49.3 Å². The molecule has 2 heterocycles. The smallest absolute Gasteiger partial charge is 0.303 e. The molecule has 7 rings (SSSR count). The van der Waals surface area contributed by atoms with E-state index in [0.29, 0.717) is 18.3 Å². The molecule has 7 aliphatic rings. The minimum absolute atomic E-state index is 0.0683. The van der Waals surface area contributed by atoms with Gasteiger partial charge in [-0.3, -0.25) is 4.79 Å². The monoisotopic (exact) mass is 664 g/mol. The summed E-state index contributed by atoms with van der Waals surface area (Å²) >= 11 is 0. The minimum atomic E-state index is -1.30. The molecule has 2 saturated heterocycles. The van der Waals surface area contributed by atoms with Gasteiger partial charge in [-0.1, -0.05) is 34.6 Å². The number of aliphatic hydroxyl groups excluding tert-OH is 4. The molecule has 0 aromatic rings. The third kappa shape index (κ3) is 4.54. The molecule has 47 heavy (non-hydrogen) atoms. The summed E-state index contributed by atoms with van der Waals surface area (Å²) in [6.07, 6.45) is 0.712. The van der Waals surface area contributed by atoms with Crippen molar-refractivity contribution >= 4 is 5.97 Å². The Kier molecular flexibility index (Phi) is 7.97. The molecule has 0 aromatic heterocycles. The van der Waals surface area contributed by atoms with Crippen molar-refractivity contribution in [1.29, 1.82) is 0 Å². The summed E-state index contributed by atoms with van der Waals surface area (Å²) in [5.41, 5.74) is -1.61. The van der Waals surface area contributed by atoms with Gasteiger partial charge in [0.2, 0.25) is 0 Å². The second-order valence-electron chi connectivity index (χ2n) is 18.6. The van der Waals surface area contributed by atoms with Gasteiger partial charge in [0.1, 0.15) is 18.3 Å². The molecule has 5 aliphatic carbocycles. The van der Waals surface area contributed by atoms with Crippen LogP contribution in [-0.2, 0) is 23.7 Å². The first-order valence-electron chi connectivity index (χ1n) is 18.3. The van der Waals surface area contributed by atoms with Gasteiger partial charge in [-0.25, -0.2) is 0 Å². The number of carbonyl (C=O) groups is 1. The molecule has 5 N–H and O–H groups in total. The van der Waals surface area contributed by atoms with Gasteiger partial charge in [0.25, 0.3) is 0 Å². The molecular weight excluding hydrogens is 604 g/mol. The lowest BCUT2D eigenvalue weighted by molar-refractivity contribution is -0.303. The van der Waals surface area contributed by atoms with Gasteiger partial charge in [0.15, 0.2) is 12.4 Å². The number of esters is 1. The van der Waals surface area contributed by atoms with Crippen molar-refractivity contribution in [1.82, 2.24) is 0 Å². The number of rotatable bonds is 5. The van der Waals surface area contributed by atoms with E-state index in [1.807, 2.05) is 0 Å². The van der Waals surface area contributed by atoms with Crippen LogP contribution in [0.3, 0.4) is 0 Å². The minimum Gasteiger partial charge on any atom is -0.457 e. The quantitative estimate of drug-likeness (QED) is 0.218. The molecule has 10 unspecified atom stereocenters. The fourth-order valence-corrected chi connectivity index (χ4v) is 13.7. The Hall–Kier alpha value is -0.850. The number of carbonyl (C=O) groups excluding carboxylic acids is 1. The zero-order chi connectivity index (χ0) is 34.3. The summed E-state index contributed by atoms with van der Waals surface area (Å²) in [5, 5.41) is 54.3. The first-order valence-corrected chi connectivity index (χ1v) is 18.3. The summed E-state index contributed by atoms with van der Waals surface area (Å²) in [4.78, 5) is 12.1. The van der Waals surface area contributed by atoms with Crippen LogP contribution in [0.1, 0.15) is 107 Å². The van der Waals surface area contributed by atoms with Crippen LogP contribution in [0.4, 0.5) is 0 Å². The van der Waals surface area contributed by atoms with E-state index in [2.05, 4.69) is 34.6 Å². The lowest BCUT2D eigenvalue weighted by atomic mass is 9.41. The SMILES string of the molecule is CC(=O)OC(C1C[C@@H](C)[C@H]2C(O1)[C@H](O)[C@@]1(C)C3CC[C@H]4C(C)(C)C(O[C@@H]5OCC(O)C(O)[C@H]5O)CCC45CC35CCC21C)C(C)(C)O. The Morgan fingerprint density at radius 2 is 1.60 bits per heavy atom. The van der Waals surface area contributed by atoms with E-state index in [1.54, 1.807) is 13.8 Å². The zero-order valence-electron chi connectivity index (χ0n) is 29.6. The highest BCUT2D eigenvalue weighted by Crippen LogP contribution is 2.89. The summed E-state index contributed by atoms with van der Waals surface area (Å²) in [5.74, 6) is 0.717. The van der Waals surface area contributed by atoms with E-state index in [0.717, 1.165) is 38.5 Å². The van der Waals surface area contributed by atoms with Crippen LogP contribution in [0.5, 0.6) is 0 Å². The number of ether oxygens (including phenoxy) is 4. The van der Waals surface area contributed by atoms with Crippen LogP contribution in [0, 0.1) is 50.7 Å². The molecule has 17 atom stereocenters. The highest BCUT2D eigenvalue weighted by Gasteiger charge is 2.84. The van der Waals surface area contributed by atoms with Crippen molar-refractivity contribution in [3.8, 4) is 0 Å². The van der Waals surface area contributed by atoms with Crippen LogP contribution >= 0.6 is 0 Å². The van der Waals surface area contributed by atoms with Crippen molar-refractivity contribution in [3.63, 3.8) is 0 Å². The molecule has 10 nitrogen and oxygen atoms in total. The number of aliphatic hydroxyl groups is 5. The first-order chi connectivity index (χ1) is 21.8. The number of hydrogen-bond donors (Lipinski definition) is 5. The van der Waals surface area contributed by atoms with E-state index < -0.39 is 60.6 Å². The normalized spacial score (nSPS) is 55.4. The average Bonchev–Trinajstić information content (AvgIpc) is 3.61. The van der Waals surface area contributed by atoms with E-state index in [9.17, 15) is 30.3 Å². The second kappa shape index (κ2) is 10.8. The molecule has 268 valence electrons. The predicted molar refractivity (Wildman–Crippen MR) is 171 cm³/mol. The fourth-order valence-electron chi connectivity index (χ4n) is 13.7. The maximum atomic E-state index is 12.5. The summed E-state index contributed by atoms with van der Waals surface area (Å²) in [6, 6.07) is 0. The molecule has 0 bridgehead atoms. The third-order valence-corrected chi connectivity index (χ3v) is 15.8.